The van der Waals surface area contributed by atoms with Crippen LogP contribution in [0.2, 0.25) is 0 Å². The van der Waals surface area contributed by atoms with Crippen LogP contribution in [0.4, 0.5) is 5.69 Å². The highest BCUT2D eigenvalue weighted by atomic mass is 32.2. The van der Waals surface area contributed by atoms with Crippen molar-refractivity contribution in [1.29, 1.82) is 0 Å². The van der Waals surface area contributed by atoms with Crippen molar-refractivity contribution in [2.24, 2.45) is 0 Å². The molecule has 0 heterocycles. The molecule has 0 fully saturated rings. The second kappa shape index (κ2) is 8.94. The van der Waals surface area contributed by atoms with Crippen molar-refractivity contribution in [2.45, 2.75) is 5.75 Å². The number of ether oxygens (including phenoxy) is 1. The van der Waals surface area contributed by atoms with Gasteiger partial charge < -0.3 is 10.1 Å². The van der Waals surface area contributed by atoms with Gasteiger partial charge in [0.2, 0.25) is 5.91 Å². The number of thioether (sulfide) groups is 1. The summed E-state index contributed by atoms with van der Waals surface area (Å²) in [5.74, 6) is 2.55. The number of rotatable bonds is 7. The molecule has 0 saturated heterocycles. The van der Waals surface area contributed by atoms with Crippen LogP contribution in [0.1, 0.15) is 5.56 Å². The van der Waals surface area contributed by atoms with Crippen molar-refractivity contribution in [3.05, 3.63) is 90.5 Å². The molecule has 0 aliphatic rings. The standard InChI is InChI=1S/C21H19NO2S/c23-21(16-25-15-17-9-3-1-4-10-17)22-19-13-7-8-14-20(19)24-18-11-5-2-6-12-18/h1-14H,15-16H2,(H,22,23). The van der Waals surface area contributed by atoms with E-state index in [2.05, 4.69) is 17.4 Å². The highest BCUT2D eigenvalue weighted by molar-refractivity contribution is 7.99. The van der Waals surface area contributed by atoms with Crippen LogP contribution in [0.3, 0.4) is 0 Å². The molecule has 4 heteroatoms. The minimum atomic E-state index is -0.0370. The fraction of sp³-hybridized carbons (Fsp3) is 0.0952. The Bertz CT molecular complexity index is 806. The number of benzene rings is 3. The average molecular weight is 349 g/mol. The molecule has 1 N–H and O–H groups in total. The molecule has 126 valence electrons. The summed E-state index contributed by atoms with van der Waals surface area (Å²) in [4.78, 5) is 12.2. The van der Waals surface area contributed by atoms with Gasteiger partial charge in [0.25, 0.3) is 0 Å². The highest BCUT2D eigenvalue weighted by Crippen LogP contribution is 2.29. The molecule has 3 rings (SSSR count). The van der Waals surface area contributed by atoms with Crippen LogP contribution in [-0.4, -0.2) is 11.7 Å². The van der Waals surface area contributed by atoms with Crippen LogP contribution in [0.5, 0.6) is 11.5 Å². The lowest BCUT2D eigenvalue weighted by atomic mass is 10.2. The zero-order valence-electron chi connectivity index (χ0n) is 13.7. The number of hydrogen-bond donors (Lipinski definition) is 1. The number of hydrogen-bond acceptors (Lipinski definition) is 3. The summed E-state index contributed by atoms with van der Waals surface area (Å²) >= 11 is 1.59. The van der Waals surface area contributed by atoms with Gasteiger partial charge >= 0.3 is 0 Å². The van der Waals surface area contributed by atoms with Crippen LogP contribution < -0.4 is 10.1 Å². The zero-order chi connectivity index (χ0) is 17.3. The largest absolute Gasteiger partial charge is 0.455 e. The van der Waals surface area contributed by atoms with Crippen molar-refractivity contribution in [1.82, 2.24) is 0 Å². The first-order valence-corrected chi connectivity index (χ1v) is 9.20. The third kappa shape index (κ3) is 5.40. The number of carbonyl (C=O) groups excluding carboxylic acids is 1. The molecule has 0 radical (unpaired) electrons. The van der Waals surface area contributed by atoms with Crippen molar-refractivity contribution >= 4 is 23.4 Å². The van der Waals surface area contributed by atoms with E-state index in [1.807, 2.05) is 72.8 Å². The Hall–Kier alpha value is -2.72. The van der Waals surface area contributed by atoms with E-state index in [0.29, 0.717) is 17.2 Å². The summed E-state index contributed by atoms with van der Waals surface area (Å²) < 4.78 is 5.86. The van der Waals surface area contributed by atoms with Crippen LogP contribution in [-0.2, 0) is 10.5 Å². The van der Waals surface area contributed by atoms with Crippen molar-refractivity contribution in [2.75, 3.05) is 11.1 Å². The van der Waals surface area contributed by atoms with Crippen LogP contribution in [0.15, 0.2) is 84.9 Å². The van der Waals surface area contributed by atoms with Crippen molar-refractivity contribution in [3.63, 3.8) is 0 Å². The smallest absolute Gasteiger partial charge is 0.234 e. The van der Waals surface area contributed by atoms with Gasteiger partial charge in [-0.2, -0.15) is 0 Å². The first-order valence-electron chi connectivity index (χ1n) is 8.05. The molecular weight excluding hydrogens is 330 g/mol. The molecule has 25 heavy (non-hydrogen) atoms. The third-order valence-electron chi connectivity index (χ3n) is 3.48. The highest BCUT2D eigenvalue weighted by Gasteiger charge is 2.08. The predicted octanol–water partition coefficient (Wildman–Crippen LogP) is 5.35. The Morgan fingerprint density at radius 3 is 2.24 bits per heavy atom. The fourth-order valence-electron chi connectivity index (χ4n) is 2.30. The molecule has 0 atom stereocenters. The predicted molar refractivity (Wildman–Crippen MR) is 104 cm³/mol. The molecule has 1 amide bonds. The molecule has 0 aliphatic heterocycles. The van der Waals surface area contributed by atoms with Crippen molar-refractivity contribution < 1.29 is 9.53 Å². The Labute approximate surface area is 152 Å². The molecule has 3 aromatic rings. The van der Waals surface area contributed by atoms with Gasteiger partial charge in [0.1, 0.15) is 5.75 Å². The fourth-order valence-corrected chi connectivity index (χ4v) is 3.08. The normalized spacial score (nSPS) is 10.2. The van der Waals surface area contributed by atoms with Crippen LogP contribution in [0, 0.1) is 0 Å². The van der Waals surface area contributed by atoms with Crippen LogP contribution >= 0.6 is 11.8 Å². The van der Waals surface area contributed by atoms with Crippen LogP contribution in [0.25, 0.3) is 0 Å². The van der Waals surface area contributed by atoms with E-state index in [-0.39, 0.29) is 5.91 Å². The van der Waals surface area contributed by atoms with Gasteiger partial charge in [0, 0.05) is 5.75 Å². The molecule has 0 bridgehead atoms. The number of anilines is 1. The minimum Gasteiger partial charge on any atom is -0.455 e. The number of para-hydroxylation sites is 3. The summed E-state index contributed by atoms with van der Waals surface area (Å²) in [7, 11) is 0. The van der Waals surface area contributed by atoms with Gasteiger partial charge in [-0.3, -0.25) is 4.79 Å². The number of nitrogens with one attached hydrogen (secondary N) is 1. The molecule has 3 nitrogen and oxygen atoms in total. The number of amides is 1. The van der Waals surface area contributed by atoms with E-state index in [1.54, 1.807) is 11.8 Å². The van der Waals surface area contributed by atoms with Gasteiger partial charge in [0.15, 0.2) is 5.75 Å². The molecular formula is C21H19NO2S. The first-order chi connectivity index (χ1) is 12.3. The maximum atomic E-state index is 12.2. The maximum absolute atomic E-state index is 12.2. The van der Waals surface area contributed by atoms with Gasteiger partial charge in [-0.1, -0.05) is 60.7 Å². The Morgan fingerprint density at radius 1 is 0.840 bits per heavy atom. The van der Waals surface area contributed by atoms with Gasteiger partial charge in [-0.05, 0) is 29.8 Å². The van der Waals surface area contributed by atoms with E-state index in [9.17, 15) is 4.79 Å². The zero-order valence-corrected chi connectivity index (χ0v) is 14.5. The molecule has 3 aromatic carbocycles. The molecule has 0 aromatic heterocycles. The second-order valence-electron chi connectivity index (χ2n) is 5.44. The summed E-state index contributed by atoms with van der Waals surface area (Å²) in [6, 6.07) is 27.1. The topological polar surface area (TPSA) is 38.3 Å². The average Bonchev–Trinajstić information content (AvgIpc) is 2.65. The van der Waals surface area contributed by atoms with Gasteiger partial charge in [-0.15, -0.1) is 11.8 Å². The lowest BCUT2D eigenvalue weighted by Gasteiger charge is -2.12. The lowest BCUT2D eigenvalue weighted by molar-refractivity contribution is -0.113. The SMILES string of the molecule is O=C(CSCc1ccccc1)Nc1ccccc1Oc1ccccc1. The Kier molecular flexibility index (Phi) is 6.12. The monoisotopic (exact) mass is 349 g/mol. The molecule has 0 spiro atoms. The molecule has 0 saturated carbocycles. The lowest BCUT2D eigenvalue weighted by Crippen LogP contribution is -2.14. The summed E-state index contributed by atoms with van der Waals surface area (Å²) in [6.45, 7) is 0. The summed E-state index contributed by atoms with van der Waals surface area (Å²) in [6.07, 6.45) is 0. The van der Waals surface area contributed by atoms with E-state index >= 15 is 0 Å². The van der Waals surface area contributed by atoms with E-state index < -0.39 is 0 Å². The van der Waals surface area contributed by atoms with Crippen molar-refractivity contribution in [3.8, 4) is 11.5 Å². The number of carbonyl (C=O) groups is 1. The summed E-state index contributed by atoms with van der Waals surface area (Å²) in [5, 5.41) is 2.93. The third-order valence-corrected chi connectivity index (χ3v) is 4.48. The quantitative estimate of drug-likeness (QED) is 0.625. The van der Waals surface area contributed by atoms with E-state index in [4.69, 9.17) is 4.74 Å². The van der Waals surface area contributed by atoms with E-state index in [1.165, 1.54) is 5.56 Å². The Morgan fingerprint density at radius 2 is 1.48 bits per heavy atom. The molecule has 0 unspecified atom stereocenters. The first kappa shape index (κ1) is 17.1. The minimum absolute atomic E-state index is 0.0370. The molecule has 0 aliphatic carbocycles. The maximum Gasteiger partial charge on any atom is 0.234 e. The second-order valence-corrected chi connectivity index (χ2v) is 6.42. The van der Waals surface area contributed by atoms with E-state index in [0.717, 1.165) is 11.5 Å². The Balaban J connectivity index is 1.56. The van der Waals surface area contributed by atoms with Gasteiger partial charge in [0.05, 0.1) is 11.4 Å². The van der Waals surface area contributed by atoms with Gasteiger partial charge in [-0.25, -0.2) is 0 Å². The summed E-state index contributed by atoms with van der Waals surface area (Å²) in [5.41, 5.74) is 1.89.